The van der Waals surface area contributed by atoms with Gasteiger partial charge in [0.1, 0.15) is 30.8 Å². The van der Waals surface area contributed by atoms with Crippen LogP contribution in [0, 0.1) is 0 Å². The molecule has 20 heteroatoms. The van der Waals surface area contributed by atoms with Crippen LogP contribution >= 0.6 is 7.82 Å². The number of hydrogen-bond donors (Lipinski definition) is 7. The zero-order valence-corrected chi connectivity index (χ0v) is 21.2. The first-order valence-corrected chi connectivity index (χ1v) is 12.9. The lowest BCUT2D eigenvalue weighted by Gasteiger charge is -2.22. The highest BCUT2D eigenvalue weighted by Gasteiger charge is 2.44. The highest BCUT2D eigenvalue weighted by atomic mass is 31.2. The number of imidazole rings is 1. The largest absolute Gasteiger partial charge is 0.472 e. The summed E-state index contributed by atoms with van der Waals surface area (Å²) in [4.78, 5) is 49.1. The van der Waals surface area contributed by atoms with Crippen LogP contribution in [0.25, 0.3) is 11.2 Å². The number of carbonyl (C=O) groups excluding carboxylic acids is 1. The second-order valence-corrected chi connectivity index (χ2v) is 9.98. The van der Waals surface area contributed by atoms with Crippen molar-refractivity contribution in [2.24, 2.45) is 16.5 Å². The number of anilines is 1. The molecule has 2 aliphatic heterocycles. The SMILES string of the molecule is C=CN(C(=O)N=C(N)N)[C@H]1C[C@@H](OP(=O)(O)OC[C@H]2O[C@@H](n3cnc4c(=O)[nH]c(N)nc43)C[C@H]2O)[C@@H](CO)O1. The van der Waals surface area contributed by atoms with Crippen LogP contribution in [0.3, 0.4) is 0 Å². The highest BCUT2D eigenvalue weighted by molar-refractivity contribution is 7.47. The van der Waals surface area contributed by atoms with E-state index in [0.29, 0.717) is 0 Å². The molecule has 2 saturated heterocycles. The number of phosphoric acid groups is 1. The maximum Gasteiger partial charge on any atom is 0.472 e. The Bertz CT molecular complexity index is 1360. The van der Waals surface area contributed by atoms with E-state index in [0.717, 1.165) is 11.1 Å². The molecule has 0 spiro atoms. The average molecular weight is 573 g/mol. The van der Waals surface area contributed by atoms with Crippen molar-refractivity contribution in [1.82, 2.24) is 24.4 Å². The Morgan fingerprint density at radius 1 is 1.38 bits per heavy atom. The maximum atomic E-state index is 12.7. The summed E-state index contributed by atoms with van der Waals surface area (Å²) >= 11 is 0. The minimum Gasteiger partial charge on any atom is -0.394 e. The van der Waals surface area contributed by atoms with Crippen LogP contribution in [0.2, 0.25) is 0 Å². The number of nitrogen functional groups attached to an aromatic ring is 1. The molecule has 214 valence electrons. The van der Waals surface area contributed by atoms with Crippen molar-refractivity contribution in [1.29, 1.82) is 0 Å². The molecule has 4 rings (SSSR count). The predicted octanol–water partition coefficient (Wildman–Crippen LogP) is -2.20. The molecule has 1 unspecified atom stereocenters. The van der Waals surface area contributed by atoms with Gasteiger partial charge in [0.25, 0.3) is 5.56 Å². The Hall–Kier alpha value is -3.42. The third-order valence-corrected chi connectivity index (χ3v) is 6.96. The van der Waals surface area contributed by atoms with Crippen molar-refractivity contribution >= 4 is 36.9 Å². The summed E-state index contributed by atoms with van der Waals surface area (Å²) in [5, 5.41) is 20.1. The number of aliphatic imine (C=N–C) groups is 1. The fourth-order valence-corrected chi connectivity index (χ4v) is 5.15. The number of phosphoric ester groups is 1. The van der Waals surface area contributed by atoms with E-state index in [1.54, 1.807) is 0 Å². The summed E-state index contributed by atoms with van der Waals surface area (Å²) in [7, 11) is -4.79. The van der Waals surface area contributed by atoms with E-state index in [4.69, 9.17) is 35.7 Å². The van der Waals surface area contributed by atoms with E-state index < -0.39 is 75.5 Å². The number of rotatable bonds is 9. The summed E-state index contributed by atoms with van der Waals surface area (Å²) < 4.78 is 35.6. The number of aromatic nitrogens is 4. The molecule has 2 aromatic heterocycles. The lowest BCUT2D eigenvalue weighted by molar-refractivity contribution is -0.0594. The molecule has 10 N–H and O–H groups in total. The number of aromatic amines is 1. The third-order valence-electron chi connectivity index (χ3n) is 5.95. The number of fused-ring (bicyclic) bond motifs is 1. The number of amides is 2. The topological polar surface area (TPSA) is 289 Å². The maximum absolute atomic E-state index is 12.7. The van der Waals surface area contributed by atoms with Crippen molar-refractivity contribution in [3.05, 3.63) is 29.5 Å². The first kappa shape index (κ1) is 28.6. The van der Waals surface area contributed by atoms with Gasteiger partial charge in [-0.05, 0) is 0 Å². The molecule has 4 heterocycles. The molecule has 0 radical (unpaired) electrons. The van der Waals surface area contributed by atoms with Gasteiger partial charge in [-0.15, -0.1) is 0 Å². The number of urea groups is 1. The number of ether oxygens (including phenoxy) is 2. The van der Waals surface area contributed by atoms with Crippen LogP contribution in [-0.4, -0.2) is 95.4 Å². The van der Waals surface area contributed by atoms with E-state index in [2.05, 4.69) is 26.5 Å². The monoisotopic (exact) mass is 573 g/mol. The number of nitrogens with one attached hydrogen (secondary N) is 1. The molecule has 2 amide bonds. The minimum absolute atomic E-state index is 0.0146. The second kappa shape index (κ2) is 11.4. The molecule has 19 nitrogen and oxygen atoms in total. The van der Waals surface area contributed by atoms with Gasteiger partial charge in [-0.25, -0.2) is 14.3 Å². The Morgan fingerprint density at radius 2 is 2.13 bits per heavy atom. The summed E-state index contributed by atoms with van der Waals surface area (Å²) in [5.74, 6) is -0.638. The molecule has 0 bridgehead atoms. The van der Waals surface area contributed by atoms with E-state index in [-0.39, 0.29) is 30.0 Å². The van der Waals surface area contributed by atoms with Crippen LogP contribution in [0.4, 0.5) is 10.7 Å². The van der Waals surface area contributed by atoms with Gasteiger partial charge in [0.15, 0.2) is 17.1 Å². The Labute approximate surface area is 219 Å². The van der Waals surface area contributed by atoms with Crippen molar-refractivity contribution in [3.63, 3.8) is 0 Å². The van der Waals surface area contributed by atoms with Gasteiger partial charge >= 0.3 is 13.9 Å². The lowest BCUT2D eigenvalue weighted by Crippen LogP contribution is -2.36. The summed E-state index contributed by atoms with van der Waals surface area (Å²) in [6, 6.07) is -0.911. The van der Waals surface area contributed by atoms with Crippen LogP contribution in [0.5, 0.6) is 0 Å². The van der Waals surface area contributed by atoms with Crippen LogP contribution in [0.1, 0.15) is 19.1 Å². The number of guanidine groups is 1. The van der Waals surface area contributed by atoms with Crippen molar-refractivity contribution < 1.29 is 43.0 Å². The molecule has 7 atom stereocenters. The molecular formula is C19H28N9O10P. The first-order valence-electron chi connectivity index (χ1n) is 11.4. The number of nitrogens with zero attached hydrogens (tertiary/aromatic N) is 5. The minimum atomic E-state index is -4.79. The van der Waals surface area contributed by atoms with E-state index in [1.807, 2.05) is 0 Å². The van der Waals surface area contributed by atoms with Gasteiger partial charge in [-0.3, -0.25) is 28.3 Å². The smallest absolute Gasteiger partial charge is 0.394 e. The quantitative estimate of drug-likeness (QED) is 0.0951. The van der Waals surface area contributed by atoms with Gasteiger partial charge in [0.2, 0.25) is 5.95 Å². The number of carbonyl (C=O) groups is 1. The molecule has 0 aliphatic carbocycles. The molecule has 2 aliphatic rings. The molecule has 2 fully saturated rings. The van der Waals surface area contributed by atoms with Crippen molar-refractivity contribution in [3.8, 4) is 0 Å². The number of hydrogen-bond acceptors (Lipinski definition) is 12. The Kier molecular flexibility index (Phi) is 8.33. The molecule has 0 saturated carbocycles. The van der Waals surface area contributed by atoms with E-state index in [9.17, 15) is 29.3 Å². The predicted molar refractivity (Wildman–Crippen MR) is 131 cm³/mol. The number of aliphatic hydroxyl groups excluding tert-OH is 2. The second-order valence-electron chi connectivity index (χ2n) is 8.57. The van der Waals surface area contributed by atoms with E-state index in [1.165, 1.54) is 10.9 Å². The normalized spacial score (nSPS) is 28.3. The lowest BCUT2D eigenvalue weighted by atomic mass is 10.2. The van der Waals surface area contributed by atoms with E-state index >= 15 is 0 Å². The number of nitrogens with two attached hydrogens (primary N) is 3. The van der Waals surface area contributed by atoms with Crippen molar-refractivity contribution in [2.75, 3.05) is 18.9 Å². The summed E-state index contributed by atoms with van der Waals surface area (Å²) in [6.45, 7) is 2.31. The fourth-order valence-electron chi connectivity index (χ4n) is 4.19. The number of aliphatic hydroxyl groups is 2. The van der Waals surface area contributed by atoms with Gasteiger partial charge in [0.05, 0.1) is 25.6 Å². The molecule has 39 heavy (non-hydrogen) atoms. The zero-order chi connectivity index (χ0) is 28.5. The standard InChI is InChI=1S/C19H28N9O10P/c1-2-27(19(32)26-17(20)21)13-4-9(10(5-29)36-13)38-39(33,34)35-6-11-8(30)3-12(37-11)28-7-23-14-15(28)24-18(22)25-16(14)31/h2,7-13,29-30H,1,3-6H2,(H,33,34)(H4,20,21,26,32)(H3,22,24,25,31)/t8-,9-,10-,11-,12-,13-/m1/s1. The van der Waals surface area contributed by atoms with Gasteiger partial charge in [0, 0.05) is 19.0 Å². The molecular weight excluding hydrogens is 545 g/mol. The van der Waals surface area contributed by atoms with Gasteiger partial charge in [-0.2, -0.15) is 9.98 Å². The van der Waals surface area contributed by atoms with Crippen LogP contribution in [0.15, 0.2) is 28.9 Å². The first-order chi connectivity index (χ1) is 18.4. The molecule has 0 aromatic carbocycles. The fraction of sp³-hybridized carbons (Fsp3) is 0.526. The van der Waals surface area contributed by atoms with Gasteiger partial charge < -0.3 is 41.8 Å². The summed E-state index contributed by atoms with van der Waals surface area (Å²) in [5.41, 5.74) is 15.6. The Morgan fingerprint density at radius 3 is 2.79 bits per heavy atom. The van der Waals surface area contributed by atoms with Crippen LogP contribution in [-0.2, 0) is 23.1 Å². The highest BCUT2D eigenvalue weighted by Crippen LogP contribution is 2.48. The third kappa shape index (κ3) is 6.26. The van der Waals surface area contributed by atoms with Crippen molar-refractivity contribution in [2.45, 2.75) is 49.7 Å². The number of H-pyrrole nitrogens is 1. The van der Waals surface area contributed by atoms with Crippen LogP contribution < -0.4 is 22.8 Å². The molecule has 2 aromatic rings. The average Bonchev–Trinajstić information content (AvgIpc) is 3.54. The zero-order valence-electron chi connectivity index (χ0n) is 20.3. The van der Waals surface area contributed by atoms with Gasteiger partial charge in [-0.1, -0.05) is 6.58 Å². The Balaban J connectivity index is 1.37. The summed E-state index contributed by atoms with van der Waals surface area (Å²) in [6.07, 6.45) is -4.14.